The van der Waals surface area contributed by atoms with E-state index in [1.165, 1.54) is 6.07 Å². The van der Waals surface area contributed by atoms with Gasteiger partial charge in [-0.05, 0) is 31.0 Å². The molecule has 0 aliphatic carbocycles. The van der Waals surface area contributed by atoms with Gasteiger partial charge in [0.25, 0.3) is 0 Å². The summed E-state index contributed by atoms with van der Waals surface area (Å²) in [5.74, 6) is -0.0154. The Bertz CT molecular complexity index is 379. The summed E-state index contributed by atoms with van der Waals surface area (Å²) in [6.07, 6.45) is 1.24. The third-order valence-corrected chi connectivity index (χ3v) is 2.24. The fraction of sp³-hybridized carbons (Fsp3) is 0.364. The summed E-state index contributed by atoms with van der Waals surface area (Å²) in [4.78, 5) is 0. The lowest BCUT2D eigenvalue weighted by atomic mass is 10.2. The van der Waals surface area contributed by atoms with Gasteiger partial charge in [0.2, 0.25) is 0 Å². The van der Waals surface area contributed by atoms with Crippen LogP contribution in [-0.2, 0) is 0 Å². The Morgan fingerprint density at radius 2 is 2.31 bits per heavy atom. The number of nitrogens with one attached hydrogen (secondary N) is 1. The van der Waals surface area contributed by atoms with Gasteiger partial charge < -0.3 is 16.3 Å². The fourth-order valence-corrected chi connectivity index (χ4v) is 1.26. The van der Waals surface area contributed by atoms with Crippen molar-refractivity contribution < 1.29 is 9.60 Å². The Labute approximate surface area is 94.0 Å². The van der Waals surface area contributed by atoms with Gasteiger partial charge in [-0.1, -0.05) is 11.2 Å². The van der Waals surface area contributed by atoms with Crippen LogP contribution in [0.3, 0.4) is 0 Å². The second-order valence-corrected chi connectivity index (χ2v) is 3.59. The first-order valence-electron chi connectivity index (χ1n) is 5.10. The molecule has 16 heavy (non-hydrogen) atoms. The summed E-state index contributed by atoms with van der Waals surface area (Å²) in [6, 6.07) is 5.00. The summed E-state index contributed by atoms with van der Waals surface area (Å²) in [5, 5.41) is 14.2. The first-order chi connectivity index (χ1) is 7.63. The highest BCUT2D eigenvalue weighted by molar-refractivity contribution is 5.79. The number of benzene rings is 1. The van der Waals surface area contributed by atoms with Gasteiger partial charge in [-0.25, -0.2) is 4.39 Å². The SMILES string of the molecule is Cc1ccc(NCCCC(N)=NO)cc1F. The smallest absolute Gasteiger partial charge is 0.139 e. The number of halogens is 1. The summed E-state index contributed by atoms with van der Waals surface area (Å²) in [5.41, 5.74) is 6.67. The average Bonchev–Trinajstić information content (AvgIpc) is 2.28. The van der Waals surface area contributed by atoms with E-state index in [4.69, 9.17) is 10.9 Å². The van der Waals surface area contributed by atoms with Crippen molar-refractivity contribution in [2.45, 2.75) is 19.8 Å². The molecule has 4 nitrogen and oxygen atoms in total. The normalized spacial score (nSPS) is 11.5. The molecule has 0 aliphatic heterocycles. The van der Waals surface area contributed by atoms with E-state index in [1.54, 1.807) is 13.0 Å². The molecule has 0 spiro atoms. The molecule has 0 aromatic heterocycles. The molecule has 1 rings (SSSR count). The lowest BCUT2D eigenvalue weighted by molar-refractivity contribution is 0.316. The molecule has 0 bridgehead atoms. The van der Waals surface area contributed by atoms with Gasteiger partial charge in [0.1, 0.15) is 11.7 Å². The van der Waals surface area contributed by atoms with Gasteiger partial charge in [-0.2, -0.15) is 0 Å². The largest absolute Gasteiger partial charge is 0.409 e. The maximum atomic E-state index is 13.2. The number of aryl methyl sites for hydroxylation is 1. The number of anilines is 1. The van der Waals surface area contributed by atoms with Crippen molar-refractivity contribution in [1.82, 2.24) is 0 Å². The Kier molecular flexibility index (Phi) is 4.57. The number of nitrogens with two attached hydrogens (primary N) is 1. The molecule has 0 aliphatic rings. The highest BCUT2D eigenvalue weighted by atomic mass is 19.1. The molecule has 88 valence electrons. The topological polar surface area (TPSA) is 70.6 Å². The van der Waals surface area contributed by atoms with Crippen LogP contribution in [-0.4, -0.2) is 17.6 Å². The maximum Gasteiger partial charge on any atom is 0.139 e. The van der Waals surface area contributed by atoms with Crippen molar-refractivity contribution in [3.63, 3.8) is 0 Å². The van der Waals surface area contributed by atoms with Gasteiger partial charge in [-0.3, -0.25) is 0 Å². The minimum atomic E-state index is -0.221. The van der Waals surface area contributed by atoms with E-state index in [9.17, 15) is 4.39 Å². The van der Waals surface area contributed by atoms with Crippen LogP contribution in [0.15, 0.2) is 23.4 Å². The predicted molar refractivity (Wildman–Crippen MR) is 62.3 cm³/mol. The number of amidine groups is 1. The van der Waals surface area contributed by atoms with E-state index >= 15 is 0 Å². The fourth-order valence-electron chi connectivity index (χ4n) is 1.26. The van der Waals surface area contributed by atoms with Crippen molar-refractivity contribution in [3.8, 4) is 0 Å². The number of oxime groups is 1. The van der Waals surface area contributed by atoms with Gasteiger partial charge in [-0.15, -0.1) is 0 Å². The van der Waals surface area contributed by atoms with Crippen molar-refractivity contribution in [2.75, 3.05) is 11.9 Å². The Hall–Kier alpha value is -1.78. The highest BCUT2D eigenvalue weighted by Crippen LogP contribution is 2.13. The average molecular weight is 225 g/mol. The van der Waals surface area contributed by atoms with E-state index in [0.717, 1.165) is 12.1 Å². The van der Waals surface area contributed by atoms with Gasteiger partial charge in [0, 0.05) is 18.7 Å². The first kappa shape index (κ1) is 12.3. The second kappa shape index (κ2) is 5.95. The summed E-state index contributed by atoms with van der Waals surface area (Å²) in [6.45, 7) is 2.37. The molecule has 0 saturated heterocycles. The van der Waals surface area contributed by atoms with Crippen LogP contribution < -0.4 is 11.1 Å². The zero-order valence-electron chi connectivity index (χ0n) is 9.20. The number of rotatable bonds is 5. The standard InChI is InChI=1S/C11H16FN3O/c1-8-4-5-9(7-10(8)12)14-6-2-3-11(13)15-16/h4-5,7,14,16H,2-3,6H2,1H3,(H2,13,15). The molecule has 0 amide bonds. The Morgan fingerprint density at radius 3 is 2.94 bits per heavy atom. The second-order valence-electron chi connectivity index (χ2n) is 3.59. The Morgan fingerprint density at radius 1 is 1.56 bits per heavy atom. The lowest BCUT2D eigenvalue weighted by Gasteiger charge is -2.06. The third kappa shape index (κ3) is 3.76. The number of hydrogen-bond acceptors (Lipinski definition) is 3. The van der Waals surface area contributed by atoms with Crippen LogP contribution in [0.2, 0.25) is 0 Å². The minimum Gasteiger partial charge on any atom is -0.409 e. The molecule has 0 unspecified atom stereocenters. The zero-order valence-corrected chi connectivity index (χ0v) is 9.20. The lowest BCUT2D eigenvalue weighted by Crippen LogP contribution is -2.13. The van der Waals surface area contributed by atoms with Crippen LogP contribution in [0.25, 0.3) is 0 Å². The van der Waals surface area contributed by atoms with Gasteiger partial charge >= 0.3 is 0 Å². The van der Waals surface area contributed by atoms with Gasteiger partial charge in [0.05, 0.1) is 0 Å². The van der Waals surface area contributed by atoms with Crippen molar-refractivity contribution in [3.05, 3.63) is 29.6 Å². The number of hydrogen-bond donors (Lipinski definition) is 3. The van der Waals surface area contributed by atoms with Crippen LogP contribution in [0.4, 0.5) is 10.1 Å². The quantitative estimate of drug-likeness (QED) is 0.236. The van der Waals surface area contributed by atoms with Crippen molar-refractivity contribution in [1.29, 1.82) is 0 Å². The molecule has 1 aromatic carbocycles. The summed E-state index contributed by atoms with van der Waals surface area (Å²) in [7, 11) is 0. The molecule has 0 fully saturated rings. The van der Waals surface area contributed by atoms with Gasteiger partial charge in [0.15, 0.2) is 0 Å². The first-order valence-corrected chi connectivity index (χ1v) is 5.10. The van der Waals surface area contributed by atoms with Crippen molar-refractivity contribution in [2.24, 2.45) is 10.9 Å². The molecule has 4 N–H and O–H groups in total. The van der Waals surface area contributed by atoms with E-state index < -0.39 is 0 Å². The summed E-state index contributed by atoms with van der Waals surface area (Å²) < 4.78 is 13.2. The molecule has 0 heterocycles. The maximum absolute atomic E-state index is 13.2. The van der Waals surface area contributed by atoms with Crippen LogP contribution >= 0.6 is 0 Å². The molecule has 0 saturated carbocycles. The monoisotopic (exact) mass is 225 g/mol. The predicted octanol–water partition coefficient (Wildman–Crippen LogP) is 2.07. The van der Waals surface area contributed by atoms with Crippen LogP contribution in [0.5, 0.6) is 0 Å². The molecule has 5 heteroatoms. The van der Waals surface area contributed by atoms with E-state index in [0.29, 0.717) is 18.5 Å². The molecular weight excluding hydrogens is 209 g/mol. The van der Waals surface area contributed by atoms with E-state index in [2.05, 4.69) is 10.5 Å². The minimum absolute atomic E-state index is 0.205. The zero-order chi connectivity index (χ0) is 12.0. The van der Waals surface area contributed by atoms with Crippen LogP contribution in [0, 0.1) is 12.7 Å². The van der Waals surface area contributed by atoms with E-state index in [-0.39, 0.29) is 11.7 Å². The molecule has 0 radical (unpaired) electrons. The molecular formula is C11H16FN3O. The Balaban J connectivity index is 2.35. The van der Waals surface area contributed by atoms with Crippen LogP contribution in [0.1, 0.15) is 18.4 Å². The molecule has 1 aromatic rings. The highest BCUT2D eigenvalue weighted by Gasteiger charge is 1.99. The van der Waals surface area contributed by atoms with Crippen molar-refractivity contribution >= 4 is 11.5 Å². The summed E-state index contributed by atoms with van der Waals surface area (Å²) >= 11 is 0. The third-order valence-electron chi connectivity index (χ3n) is 2.24. The van der Waals surface area contributed by atoms with E-state index in [1.807, 2.05) is 6.07 Å². The molecule has 0 atom stereocenters. The number of nitrogens with zero attached hydrogens (tertiary/aromatic N) is 1.